The molecule has 25 heavy (non-hydrogen) atoms. The number of aliphatic carboxylic acids is 1. The van der Waals surface area contributed by atoms with Crippen molar-refractivity contribution in [2.75, 3.05) is 5.75 Å². The molecule has 2 heterocycles. The molecule has 5 atom stereocenters. The van der Waals surface area contributed by atoms with Gasteiger partial charge in [-0.15, -0.1) is 0 Å². The minimum Gasteiger partial charge on any atom is -0.481 e. The summed E-state index contributed by atoms with van der Waals surface area (Å²) in [6.07, 6.45) is 16.3. The van der Waals surface area contributed by atoms with Gasteiger partial charge >= 0.3 is 5.97 Å². The zero-order valence-electron chi connectivity index (χ0n) is 16.0. The van der Waals surface area contributed by atoms with Crippen molar-refractivity contribution >= 4 is 17.7 Å². The number of ether oxygens (including phenoxy) is 1. The first-order valence-corrected chi connectivity index (χ1v) is 11.3. The van der Waals surface area contributed by atoms with Crippen LogP contribution in [0.1, 0.15) is 78.1 Å². The van der Waals surface area contributed by atoms with Crippen molar-refractivity contribution in [2.45, 2.75) is 95.5 Å². The second-order valence-corrected chi connectivity index (χ2v) is 9.22. The summed E-state index contributed by atoms with van der Waals surface area (Å²) in [7, 11) is 0. The number of thioether (sulfide) groups is 1. The number of hydrogen-bond donors (Lipinski definition) is 1. The van der Waals surface area contributed by atoms with Gasteiger partial charge in [0.15, 0.2) is 0 Å². The van der Waals surface area contributed by atoms with E-state index in [9.17, 15) is 4.79 Å². The average molecular weight is 369 g/mol. The molecule has 4 heteroatoms. The predicted octanol–water partition coefficient (Wildman–Crippen LogP) is 5.68. The van der Waals surface area contributed by atoms with Crippen molar-refractivity contribution in [3.05, 3.63) is 12.2 Å². The molecule has 4 unspecified atom stereocenters. The van der Waals surface area contributed by atoms with E-state index in [0.717, 1.165) is 24.5 Å². The van der Waals surface area contributed by atoms with Crippen LogP contribution in [0.4, 0.5) is 0 Å². The van der Waals surface area contributed by atoms with Gasteiger partial charge in [0.05, 0.1) is 12.2 Å². The Labute approximate surface area is 158 Å². The summed E-state index contributed by atoms with van der Waals surface area (Å²) in [5.74, 6) is 1.93. The molecule has 2 rings (SSSR count). The van der Waals surface area contributed by atoms with E-state index >= 15 is 0 Å². The highest BCUT2D eigenvalue weighted by Gasteiger charge is 2.47. The first kappa shape index (κ1) is 20.8. The number of carboxylic acid groups (broad SMARTS) is 1. The number of rotatable bonds is 13. The van der Waals surface area contributed by atoms with Gasteiger partial charge in [0, 0.05) is 11.7 Å². The van der Waals surface area contributed by atoms with E-state index in [4.69, 9.17) is 9.84 Å². The number of carbonyl (C=O) groups is 1. The van der Waals surface area contributed by atoms with Gasteiger partial charge in [-0.25, -0.2) is 0 Å². The molecule has 0 aromatic rings. The van der Waals surface area contributed by atoms with Crippen LogP contribution in [-0.2, 0) is 9.53 Å². The maximum Gasteiger partial charge on any atom is 0.303 e. The lowest BCUT2D eigenvalue weighted by atomic mass is 9.78. The minimum absolute atomic E-state index is 0.275. The summed E-state index contributed by atoms with van der Waals surface area (Å²) in [5, 5.41) is 9.44. The SMILES string of the molecule is CCCCCC(C)SC[C@H]1C2CCC(O2)C1C/C=C\CCCC(=O)O. The summed E-state index contributed by atoms with van der Waals surface area (Å²) in [6, 6.07) is 0. The van der Waals surface area contributed by atoms with E-state index < -0.39 is 5.97 Å². The van der Waals surface area contributed by atoms with Crippen molar-refractivity contribution < 1.29 is 14.6 Å². The molecule has 0 aromatic carbocycles. The minimum atomic E-state index is -0.694. The van der Waals surface area contributed by atoms with Crippen molar-refractivity contribution in [2.24, 2.45) is 11.8 Å². The largest absolute Gasteiger partial charge is 0.481 e. The summed E-state index contributed by atoms with van der Waals surface area (Å²) >= 11 is 2.15. The maximum atomic E-state index is 10.5. The molecule has 0 amide bonds. The van der Waals surface area contributed by atoms with Crippen molar-refractivity contribution in [1.29, 1.82) is 0 Å². The van der Waals surface area contributed by atoms with Crippen LogP contribution in [-0.4, -0.2) is 34.3 Å². The molecule has 0 aromatic heterocycles. The smallest absolute Gasteiger partial charge is 0.303 e. The Kier molecular flexibility index (Phi) is 9.40. The Morgan fingerprint density at radius 2 is 1.96 bits per heavy atom. The molecule has 3 nitrogen and oxygen atoms in total. The number of unbranched alkanes of at least 4 members (excludes halogenated alkanes) is 3. The quantitative estimate of drug-likeness (QED) is 0.335. The van der Waals surface area contributed by atoms with E-state index in [2.05, 4.69) is 37.8 Å². The summed E-state index contributed by atoms with van der Waals surface area (Å²) in [4.78, 5) is 10.5. The molecule has 0 aliphatic carbocycles. The standard InChI is InChI=1S/C21H36O3S/c1-3-4-7-10-16(2)25-15-18-17(19-13-14-20(18)24-19)11-8-5-6-9-12-21(22)23/h5,8,16-20H,3-4,6-7,9-15H2,1-2H3,(H,22,23)/b8-5-/t16?,17?,18-,19?,20?/m1/s1. The Bertz CT molecular complexity index is 423. The average Bonchev–Trinajstić information content (AvgIpc) is 3.17. The first-order valence-electron chi connectivity index (χ1n) is 10.3. The summed E-state index contributed by atoms with van der Waals surface area (Å²) < 4.78 is 6.21. The Morgan fingerprint density at radius 1 is 1.20 bits per heavy atom. The van der Waals surface area contributed by atoms with Gasteiger partial charge < -0.3 is 9.84 Å². The monoisotopic (exact) mass is 368 g/mol. The maximum absolute atomic E-state index is 10.5. The molecule has 0 saturated carbocycles. The number of hydrogen-bond acceptors (Lipinski definition) is 3. The zero-order chi connectivity index (χ0) is 18.1. The van der Waals surface area contributed by atoms with Gasteiger partial charge in [0.25, 0.3) is 0 Å². The fraction of sp³-hybridized carbons (Fsp3) is 0.857. The van der Waals surface area contributed by atoms with Crippen LogP contribution >= 0.6 is 11.8 Å². The number of fused-ring (bicyclic) bond motifs is 2. The van der Waals surface area contributed by atoms with Gasteiger partial charge in [0.2, 0.25) is 0 Å². The Balaban J connectivity index is 1.71. The molecule has 2 aliphatic heterocycles. The van der Waals surface area contributed by atoms with Crippen LogP contribution in [0.25, 0.3) is 0 Å². The third-order valence-electron chi connectivity index (χ3n) is 5.71. The van der Waals surface area contributed by atoms with E-state index in [1.807, 2.05) is 0 Å². The fourth-order valence-corrected chi connectivity index (χ4v) is 5.56. The molecule has 2 saturated heterocycles. The summed E-state index contributed by atoms with van der Waals surface area (Å²) in [5.41, 5.74) is 0. The van der Waals surface area contributed by atoms with Crippen molar-refractivity contribution in [3.63, 3.8) is 0 Å². The lowest BCUT2D eigenvalue weighted by Crippen LogP contribution is -2.29. The van der Waals surface area contributed by atoms with E-state index in [1.54, 1.807) is 0 Å². The van der Waals surface area contributed by atoms with Gasteiger partial charge in [-0.1, -0.05) is 45.3 Å². The Morgan fingerprint density at radius 3 is 2.68 bits per heavy atom. The molecular formula is C21H36O3S. The highest BCUT2D eigenvalue weighted by atomic mass is 32.2. The number of carboxylic acids is 1. The molecule has 2 aliphatic rings. The molecule has 1 N–H and O–H groups in total. The van der Waals surface area contributed by atoms with Crippen LogP contribution in [0, 0.1) is 11.8 Å². The van der Waals surface area contributed by atoms with Gasteiger partial charge in [-0.2, -0.15) is 11.8 Å². The normalized spacial score (nSPS) is 29.5. The first-order chi connectivity index (χ1) is 12.1. The van der Waals surface area contributed by atoms with Crippen LogP contribution in [0.3, 0.4) is 0 Å². The van der Waals surface area contributed by atoms with Crippen molar-refractivity contribution in [3.8, 4) is 0 Å². The number of allylic oxidation sites excluding steroid dienone is 2. The lowest BCUT2D eigenvalue weighted by molar-refractivity contribution is -0.137. The van der Waals surface area contributed by atoms with Gasteiger partial charge in [-0.05, 0) is 56.1 Å². The van der Waals surface area contributed by atoms with E-state index in [1.165, 1.54) is 44.3 Å². The molecular weight excluding hydrogens is 332 g/mol. The zero-order valence-corrected chi connectivity index (χ0v) is 16.8. The third kappa shape index (κ3) is 6.97. The van der Waals surface area contributed by atoms with Gasteiger partial charge in [0.1, 0.15) is 0 Å². The van der Waals surface area contributed by atoms with Crippen LogP contribution < -0.4 is 0 Å². The highest BCUT2D eigenvalue weighted by molar-refractivity contribution is 7.99. The molecule has 2 bridgehead atoms. The Hall–Kier alpha value is -0.480. The van der Waals surface area contributed by atoms with Crippen LogP contribution in [0.5, 0.6) is 0 Å². The molecule has 2 fully saturated rings. The predicted molar refractivity (Wildman–Crippen MR) is 106 cm³/mol. The molecule has 0 spiro atoms. The van der Waals surface area contributed by atoms with Crippen molar-refractivity contribution in [1.82, 2.24) is 0 Å². The summed E-state index contributed by atoms with van der Waals surface area (Å²) in [6.45, 7) is 4.65. The van der Waals surface area contributed by atoms with Crippen LogP contribution in [0.15, 0.2) is 12.2 Å². The molecule has 144 valence electrons. The topological polar surface area (TPSA) is 46.5 Å². The van der Waals surface area contributed by atoms with E-state index in [-0.39, 0.29) is 6.42 Å². The second-order valence-electron chi connectivity index (χ2n) is 7.75. The lowest BCUT2D eigenvalue weighted by Gasteiger charge is -2.28. The van der Waals surface area contributed by atoms with E-state index in [0.29, 0.717) is 24.0 Å². The van der Waals surface area contributed by atoms with Gasteiger partial charge in [-0.3, -0.25) is 4.79 Å². The fourth-order valence-electron chi connectivity index (χ4n) is 4.21. The highest BCUT2D eigenvalue weighted by Crippen LogP contribution is 2.46. The van der Waals surface area contributed by atoms with Crippen LogP contribution in [0.2, 0.25) is 0 Å². The molecule has 0 radical (unpaired) electrons. The third-order valence-corrected chi connectivity index (χ3v) is 7.10. The second kappa shape index (κ2) is 11.3.